The van der Waals surface area contributed by atoms with Crippen LogP contribution < -0.4 is 11.1 Å². The minimum atomic E-state index is -3.32. The summed E-state index contributed by atoms with van der Waals surface area (Å²) in [4.78, 5) is 12.1. The minimum Gasteiger partial charge on any atom is -0.391 e. The summed E-state index contributed by atoms with van der Waals surface area (Å²) in [7, 11) is -3.32. The molecule has 1 atom stereocenters. The zero-order valence-corrected chi connectivity index (χ0v) is 11.7. The zero-order chi connectivity index (χ0) is 13.3. The standard InChI is InChI=1S/C10H18N2O3S2/c1-10(2,9(11)16)12-8(13)7-5-3-4-6-17(7,14)15/h7H,3-6H2,1-2H3,(H2,11,16)(H,12,13). The number of nitrogens with one attached hydrogen (secondary N) is 1. The predicted molar refractivity (Wildman–Crippen MR) is 70.4 cm³/mol. The maximum absolute atomic E-state index is 11.9. The van der Waals surface area contributed by atoms with Crippen molar-refractivity contribution in [2.24, 2.45) is 5.73 Å². The van der Waals surface area contributed by atoms with Crippen LogP contribution in [0.1, 0.15) is 33.1 Å². The van der Waals surface area contributed by atoms with Crippen molar-refractivity contribution in [2.45, 2.75) is 43.9 Å². The van der Waals surface area contributed by atoms with Gasteiger partial charge in [-0.3, -0.25) is 4.79 Å². The highest BCUT2D eigenvalue weighted by molar-refractivity contribution is 7.92. The molecule has 1 fully saturated rings. The van der Waals surface area contributed by atoms with Crippen molar-refractivity contribution in [3.05, 3.63) is 0 Å². The Labute approximate surface area is 107 Å². The number of carbonyl (C=O) groups excluding carboxylic acids is 1. The number of rotatable bonds is 3. The molecule has 1 rings (SSSR count). The van der Waals surface area contributed by atoms with E-state index in [4.69, 9.17) is 18.0 Å². The lowest BCUT2D eigenvalue weighted by atomic mass is 10.1. The minimum absolute atomic E-state index is 0.0819. The third-order valence-corrected chi connectivity index (χ3v) is 5.61. The Bertz CT molecular complexity index is 429. The first kappa shape index (κ1) is 14.4. The van der Waals surface area contributed by atoms with Crippen LogP contribution in [0.4, 0.5) is 0 Å². The van der Waals surface area contributed by atoms with Crippen molar-refractivity contribution in [2.75, 3.05) is 5.75 Å². The summed E-state index contributed by atoms with van der Waals surface area (Å²) in [6.07, 6.45) is 1.76. The first-order valence-corrected chi connectivity index (χ1v) is 7.63. The SMILES string of the molecule is CC(C)(NC(=O)C1CCCCS1(=O)=O)C(N)=S. The first-order chi connectivity index (χ1) is 7.67. The van der Waals surface area contributed by atoms with Crippen LogP contribution in [0.15, 0.2) is 0 Å². The molecular formula is C10H18N2O3S2. The predicted octanol–water partition coefficient (Wildman–Crippen LogP) is 0.135. The average molecular weight is 278 g/mol. The lowest BCUT2D eigenvalue weighted by molar-refractivity contribution is -0.121. The number of hydrogen-bond acceptors (Lipinski definition) is 4. The molecule has 7 heteroatoms. The Hall–Kier alpha value is -0.690. The van der Waals surface area contributed by atoms with E-state index in [-0.39, 0.29) is 10.7 Å². The lowest BCUT2D eigenvalue weighted by Gasteiger charge is -2.29. The number of thiocarbonyl (C=S) groups is 1. The van der Waals surface area contributed by atoms with E-state index < -0.39 is 26.5 Å². The van der Waals surface area contributed by atoms with Crippen LogP contribution in [0.3, 0.4) is 0 Å². The molecule has 0 aromatic heterocycles. The van der Waals surface area contributed by atoms with E-state index in [2.05, 4.69) is 5.32 Å². The van der Waals surface area contributed by atoms with Crippen molar-refractivity contribution in [3.8, 4) is 0 Å². The number of sulfone groups is 1. The highest BCUT2D eigenvalue weighted by atomic mass is 32.2. The molecule has 1 heterocycles. The van der Waals surface area contributed by atoms with Gasteiger partial charge in [-0.05, 0) is 26.7 Å². The fourth-order valence-corrected chi connectivity index (χ4v) is 3.55. The van der Waals surface area contributed by atoms with E-state index in [0.29, 0.717) is 12.8 Å². The molecule has 0 spiro atoms. The highest BCUT2D eigenvalue weighted by Gasteiger charge is 2.37. The largest absolute Gasteiger partial charge is 0.391 e. The summed E-state index contributed by atoms with van der Waals surface area (Å²) < 4.78 is 23.5. The normalized spacial score (nSPS) is 24.0. The maximum atomic E-state index is 11.9. The summed E-state index contributed by atoms with van der Waals surface area (Å²) in [6, 6.07) is 0. The molecule has 1 aliphatic heterocycles. The van der Waals surface area contributed by atoms with Gasteiger partial charge in [-0.15, -0.1) is 0 Å². The Morgan fingerprint density at radius 2 is 2.00 bits per heavy atom. The van der Waals surface area contributed by atoms with E-state index in [1.807, 2.05) is 0 Å². The first-order valence-electron chi connectivity index (χ1n) is 5.50. The molecule has 0 aromatic rings. The van der Waals surface area contributed by atoms with Crippen LogP contribution in [-0.4, -0.2) is 35.9 Å². The summed E-state index contributed by atoms with van der Waals surface area (Å²) in [5, 5.41) is 1.64. The van der Waals surface area contributed by atoms with Crippen molar-refractivity contribution in [1.82, 2.24) is 5.32 Å². The Morgan fingerprint density at radius 1 is 1.41 bits per heavy atom. The molecular weight excluding hydrogens is 260 g/mol. The second-order valence-electron chi connectivity index (χ2n) is 4.83. The molecule has 0 aromatic carbocycles. The van der Waals surface area contributed by atoms with E-state index in [9.17, 15) is 13.2 Å². The van der Waals surface area contributed by atoms with E-state index in [0.717, 1.165) is 6.42 Å². The van der Waals surface area contributed by atoms with Crippen LogP contribution in [0.25, 0.3) is 0 Å². The average Bonchev–Trinajstić information content (AvgIpc) is 2.15. The second kappa shape index (κ2) is 4.89. The molecule has 1 saturated heterocycles. The monoisotopic (exact) mass is 278 g/mol. The number of nitrogens with two attached hydrogens (primary N) is 1. The van der Waals surface area contributed by atoms with E-state index in [1.54, 1.807) is 13.8 Å². The quantitative estimate of drug-likeness (QED) is 0.717. The number of amides is 1. The molecule has 0 radical (unpaired) electrons. The van der Waals surface area contributed by atoms with Crippen LogP contribution in [0.2, 0.25) is 0 Å². The molecule has 0 aliphatic carbocycles. The molecule has 98 valence electrons. The van der Waals surface area contributed by atoms with Gasteiger partial charge in [0.1, 0.15) is 5.25 Å². The van der Waals surface area contributed by atoms with Crippen LogP contribution in [-0.2, 0) is 14.6 Å². The van der Waals surface area contributed by atoms with Gasteiger partial charge in [0.25, 0.3) is 0 Å². The van der Waals surface area contributed by atoms with Crippen molar-refractivity contribution in [1.29, 1.82) is 0 Å². The van der Waals surface area contributed by atoms with Gasteiger partial charge in [0.05, 0.1) is 16.3 Å². The Kier molecular flexibility index (Phi) is 4.14. The van der Waals surface area contributed by atoms with Gasteiger partial charge in [-0.2, -0.15) is 0 Å². The van der Waals surface area contributed by atoms with Gasteiger partial charge in [0.15, 0.2) is 9.84 Å². The van der Waals surface area contributed by atoms with Crippen LogP contribution >= 0.6 is 12.2 Å². The van der Waals surface area contributed by atoms with Gasteiger partial charge in [-0.1, -0.05) is 18.6 Å². The van der Waals surface area contributed by atoms with Crippen LogP contribution in [0, 0.1) is 0 Å². The third-order valence-electron chi connectivity index (χ3n) is 2.92. The molecule has 17 heavy (non-hydrogen) atoms. The summed E-state index contributed by atoms with van der Waals surface area (Å²) >= 11 is 4.82. The molecule has 1 unspecified atom stereocenters. The lowest BCUT2D eigenvalue weighted by Crippen LogP contribution is -2.56. The summed E-state index contributed by atoms with van der Waals surface area (Å²) in [5.41, 5.74) is 4.62. The second-order valence-corrected chi connectivity index (χ2v) is 7.57. The molecule has 3 N–H and O–H groups in total. The molecule has 0 saturated carbocycles. The summed E-state index contributed by atoms with van der Waals surface area (Å²) in [6.45, 7) is 3.31. The molecule has 1 aliphatic rings. The number of hydrogen-bond donors (Lipinski definition) is 2. The maximum Gasteiger partial charge on any atom is 0.239 e. The number of carbonyl (C=O) groups is 1. The molecule has 0 bridgehead atoms. The van der Waals surface area contributed by atoms with Crippen LogP contribution in [0.5, 0.6) is 0 Å². The zero-order valence-electron chi connectivity index (χ0n) is 10.0. The van der Waals surface area contributed by atoms with Crippen molar-refractivity contribution < 1.29 is 13.2 Å². The van der Waals surface area contributed by atoms with Crippen molar-refractivity contribution >= 4 is 33.0 Å². The van der Waals surface area contributed by atoms with Gasteiger partial charge in [0.2, 0.25) is 5.91 Å². The highest BCUT2D eigenvalue weighted by Crippen LogP contribution is 2.20. The molecule has 1 amide bonds. The summed E-state index contributed by atoms with van der Waals surface area (Å²) in [5.74, 6) is -0.416. The topological polar surface area (TPSA) is 89.3 Å². The Morgan fingerprint density at radius 3 is 2.47 bits per heavy atom. The molecule has 5 nitrogen and oxygen atoms in total. The smallest absolute Gasteiger partial charge is 0.239 e. The third kappa shape index (κ3) is 3.38. The van der Waals surface area contributed by atoms with Gasteiger partial charge in [-0.25, -0.2) is 8.42 Å². The van der Waals surface area contributed by atoms with E-state index >= 15 is 0 Å². The van der Waals surface area contributed by atoms with Gasteiger partial charge in [0, 0.05) is 0 Å². The van der Waals surface area contributed by atoms with Gasteiger partial charge >= 0.3 is 0 Å². The Balaban J connectivity index is 2.80. The van der Waals surface area contributed by atoms with E-state index in [1.165, 1.54) is 0 Å². The van der Waals surface area contributed by atoms with Gasteiger partial charge < -0.3 is 11.1 Å². The fraction of sp³-hybridized carbons (Fsp3) is 0.800. The fourth-order valence-electron chi connectivity index (χ4n) is 1.70. The van der Waals surface area contributed by atoms with Crippen molar-refractivity contribution in [3.63, 3.8) is 0 Å².